The van der Waals surface area contributed by atoms with Crippen molar-refractivity contribution >= 4 is 39.4 Å². The number of nitrogens with two attached hydrogens (primary N) is 1. The zero-order valence-corrected chi connectivity index (χ0v) is 10.9. The van der Waals surface area contributed by atoms with E-state index in [0.717, 1.165) is 16.7 Å². The zero-order valence-electron chi connectivity index (χ0n) is 10.1. The SMILES string of the molecule is Nc1ncnc2c1cnn2-c1coc2ccc(Cl)cc12. The Labute approximate surface area is 117 Å². The van der Waals surface area contributed by atoms with Crippen LogP contribution in [0, 0.1) is 0 Å². The van der Waals surface area contributed by atoms with Crippen molar-refractivity contribution in [1.82, 2.24) is 19.7 Å². The van der Waals surface area contributed by atoms with Gasteiger partial charge in [0.15, 0.2) is 5.65 Å². The van der Waals surface area contributed by atoms with E-state index in [-0.39, 0.29) is 0 Å². The van der Waals surface area contributed by atoms with Crippen LogP contribution in [0.4, 0.5) is 5.82 Å². The van der Waals surface area contributed by atoms with Crippen LogP contribution in [0.15, 0.2) is 41.4 Å². The maximum atomic E-state index is 6.04. The van der Waals surface area contributed by atoms with Crippen molar-refractivity contribution in [2.45, 2.75) is 0 Å². The first-order valence-electron chi connectivity index (χ1n) is 5.85. The molecule has 7 heteroatoms. The molecule has 0 radical (unpaired) electrons. The third-order valence-electron chi connectivity index (χ3n) is 3.14. The van der Waals surface area contributed by atoms with E-state index in [4.69, 9.17) is 21.8 Å². The van der Waals surface area contributed by atoms with Gasteiger partial charge in [-0.25, -0.2) is 14.6 Å². The minimum Gasteiger partial charge on any atom is -0.462 e. The molecule has 0 unspecified atom stereocenters. The lowest BCUT2D eigenvalue weighted by molar-refractivity contribution is 0.611. The van der Waals surface area contributed by atoms with Crippen LogP contribution in [0.25, 0.3) is 27.7 Å². The molecule has 0 aliphatic heterocycles. The Hall–Kier alpha value is -2.60. The van der Waals surface area contributed by atoms with Crippen molar-refractivity contribution in [2.75, 3.05) is 5.73 Å². The molecule has 1 aromatic carbocycles. The summed E-state index contributed by atoms with van der Waals surface area (Å²) in [6.45, 7) is 0. The van der Waals surface area contributed by atoms with Gasteiger partial charge in [0.1, 0.15) is 29.7 Å². The second-order valence-corrected chi connectivity index (χ2v) is 4.75. The third kappa shape index (κ3) is 1.48. The summed E-state index contributed by atoms with van der Waals surface area (Å²) in [6.07, 6.45) is 4.66. The smallest absolute Gasteiger partial charge is 0.168 e. The van der Waals surface area contributed by atoms with Crippen LogP contribution in [-0.4, -0.2) is 19.7 Å². The molecule has 2 N–H and O–H groups in total. The monoisotopic (exact) mass is 285 g/mol. The van der Waals surface area contributed by atoms with Crippen LogP contribution in [0.5, 0.6) is 0 Å². The topological polar surface area (TPSA) is 82.8 Å². The van der Waals surface area contributed by atoms with E-state index < -0.39 is 0 Å². The van der Waals surface area contributed by atoms with E-state index in [1.54, 1.807) is 23.2 Å². The number of rotatable bonds is 1. The van der Waals surface area contributed by atoms with Gasteiger partial charge >= 0.3 is 0 Å². The molecule has 3 heterocycles. The van der Waals surface area contributed by atoms with Crippen molar-refractivity contribution in [3.8, 4) is 5.69 Å². The highest BCUT2D eigenvalue weighted by molar-refractivity contribution is 6.31. The number of nitrogens with zero attached hydrogens (tertiary/aromatic N) is 4. The highest BCUT2D eigenvalue weighted by Gasteiger charge is 2.14. The van der Waals surface area contributed by atoms with Crippen molar-refractivity contribution in [3.63, 3.8) is 0 Å². The second kappa shape index (κ2) is 3.94. The number of aromatic nitrogens is 4. The van der Waals surface area contributed by atoms with Crippen molar-refractivity contribution in [1.29, 1.82) is 0 Å². The number of anilines is 1. The summed E-state index contributed by atoms with van der Waals surface area (Å²) in [6, 6.07) is 5.42. The highest BCUT2D eigenvalue weighted by atomic mass is 35.5. The van der Waals surface area contributed by atoms with Crippen LogP contribution in [0.2, 0.25) is 5.02 Å². The van der Waals surface area contributed by atoms with Gasteiger partial charge < -0.3 is 10.2 Å². The summed E-state index contributed by atoms with van der Waals surface area (Å²) in [5.74, 6) is 0.395. The molecule has 0 aliphatic rings. The summed E-state index contributed by atoms with van der Waals surface area (Å²) in [7, 11) is 0. The van der Waals surface area contributed by atoms with E-state index in [9.17, 15) is 0 Å². The molecule has 0 saturated heterocycles. The average Bonchev–Trinajstić information content (AvgIpc) is 3.02. The Morgan fingerprint density at radius 3 is 3.00 bits per heavy atom. The van der Waals surface area contributed by atoms with Crippen molar-refractivity contribution in [3.05, 3.63) is 42.0 Å². The molecular weight excluding hydrogens is 278 g/mol. The van der Waals surface area contributed by atoms with Crippen LogP contribution >= 0.6 is 11.6 Å². The fraction of sp³-hybridized carbons (Fsp3) is 0. The van der Waals surface area contributed by atoms with Gasteiger partial charge in [-0.15, -0.1) is 0 Å². The maximum Gasteiger partial charge on any atom is 0.168 e. The Balaban J connectivity index is 2.06. The largest absolute Gasteiger partial charge is 0.462 e. The molecule has 4 aromatic rings. The normalized spacial score (nSPS) is 11.4. The van der Waals surface area contributed by atoms with Crippen LogP contribution in [0.1, 0.15) is 0 Å². The fourth-order valence-corrected chi connectivity index (χ4v) is 2.36. The number of hydrogen-bond acceptors (Lipinski definition) is 5. The standard InChI is InChI=1S/C13H8ClN5O/c14-7-1-2-11-8(3-7)10(5-20-11)19-13-9(4-18-19)12(15)16-6-17-13/h1-6H,(H2,15,16,17). The molecule has 0 spiro atoms. The van der Waals surface area contributed by atoms with Crippen LogP contribution in [0.3, 0.4) is 0 Å². The lowest BCUT2D eigenvalue weighted by Gasteiger charge is -2.00. The minimum atomic E-state index is 0.395. The molecule has 98 valence electrons. The molecule has 6 nitrogen and oxygen atoms in total. The Kier molecular flexibility index (Phi) is 2.22. The summed E-state index contributed by atoms with van der Waals surface area (Å²) in [5.41, 5.74) is 7.93. The van der Waals surface area contributed by atoms with E-state index in [1.807, 2.05) is 12.1 Å². The number of fused-ring (bicyclic) bond motifs is 2. The second-order valence-electron chi connectivity index (χ2n) is 4.31. The van der Waals surface area contributed by atoms with Gasteiger partial charge in [0, 0.05) is 10.4 Å². The van der Waals surface area contributed by atoms with Gasteiger partial charge in [0.05, 0.1) is 11.6 Å². The molecule has 0 atom stereocenters. The van der Waals surface area contributed by atoms with E-state index in [2.05, 4.69) is 15.1 Å². The van der Waals surface area contributed by atoms with Crippen molar-refractivity contribution < 1.29 is 4.42 Å². The van der Waals surface area contributed by atoms with Crippen LogP contribution < -0.4 is 5.73 Å². The van der Waals surface area contributed by atoms with Gasteiger partial charge in [-0.1, -0.05) is 11.6 Å². The number of furan rings is 1. The molecule has 0 bridgehead atoms. The zero-order chi connectivity index (χ0) is 13.7. The summed E-state index contributed by atoms with van der Waals surface area (Å²) in [5, 5.41) is 6.50. The quantitative estimate of drug-likeness (QED) is 0.581. The molecule has 0 aliphatic carbocycles. The van der Waals surface area contributed by atoms with Gasteiger partial charge in [-0.05, 0) is 18.2 Å². The summed E-state index contributed by atoms with van der Waals surface area (Å²) >= 11 is 6.04. The molecule has 0 fully saturated rings. The average molecular weight is 286 g/mol. The van der Waals surface area contributed by atoms with E-state index in [1.165, 1.54) is 6.33 Å². The minimum absolute atomic E-state index is 0.395. The highest BCUT2D eigenvalue weighted by Crippen LogP contribution is 2.29. The number of halogens is 1. The first kappa shape index (κ1) is 11.2. The Morgan fingerprint density at radius 2 is 2.10 bits per heavy atom. The number of nitrogen functional groups attached to an aromatic ring is 1. The maximum absolute atomic E-state index is 6.04. The summed E-state index contributed by atoms with van der Waals surface area (Å²) in [4.78, 5) is 8.17. The lowest BCUT2D eigenvalue weighted by Crippen LogP contribution is -1.98. The first-order chi connectivity index (χ1) is 9.74. The van der Waals surface area contributed by atoms with Gasteiger partial charge in [0.2, 0.25) is 0 Å². The lowest BCUT2D eigenvalue weighted by atomic mass is 10.2. The Morgan fingerprint density at radius 1 is 1.20 bits per heavy atom. The van der Waals surface area contributed by atoms with E-state index >= 15 is 0 Å². The third-order valence-corrected chi connectivity index (χ3v) is 3.37. The van der Waals surface area contributed by atoms with Gasteiger partial charge in [0.25, 0.3) is 0 Å². The molecular formula is C13H8ClN5O. The predicted octanol–water partition coefficient (Wildman–Crippen LogP) is 2.80. The van der Waals surface area contributed by atoms with E-state index in [0.29, 0.717) is 21.9 Å². The van der Waals surface area contributed by atoms with Gasteiger partial charge in [-0.2, -0.15) is 5.10 Å². The Bertz CT molecular complexity index is 939. The fourth-order valence-electron chi connectivity index (χ4n) is 2.19. The molecule has 3 aromatic heterocycles. The first-order valence-corrected chi connectivity index (χ1v) is 6.23. The number of benzene rings is 1. The van der Waals surface area contributed by atoms with Crippen molar-refractivity contribution in [2.24, 2.45) is 0 Å². The molecule has 0 amide bonds. The van der Waals surface area contributed by atoms with Crippen LogP contribution in [-0.2, 0) is 0 Å². The predicted molar refractivity (Wildman–Crippen MR) is 75.9 cm³/mol. The number of hydrogen-bond donors (Lipinski definition) is 1. The molecule has 4 rings (SSSR count). The van der Waals surface area contributed by atoms with Gasteiger partial charge in [-0.3, -0.25) is 0 Å². The molecule has 0 saturated carbocycles. The summed E-state index contributed by atoms with van der Waals surface area (Å²) < 4.78 is 7.18. The molecule has 20 heavy (non-hydrogen) atoms.